The summed E-state index contributed by atoms with van der Waals surface area (Å²) < 4.78 is 35.8. The lowest BCUT2D eigenvalue weighted by Crippen LogP contribution is -2.47. The fraction of sp³-hybridized carbons (Fsp3) is 0.667. The van der Waals surface area contributed by atoms with Crippen LogP contribution in [0, 0.1) is 5.92 Å². The van der Waals surface area contributed by atoms with Crippen LogP contribution in [-0.4, -0.2) is 37.4 Å². The molecule has 4 nitrogen and oxygen atoms in total. The van der Waals surface area contributed by atoms with Crippen molar-refractivity contribution in [2.24, 2.45) is 5.92 Å². The Morgan fingerprint density at radius 3 is 2.35 bits per heavy atom. The summed E-state index contributed by atoms with van der Waals surface area (Å²) in [6.45, 7) is 3.94. The first kappa shape index (κ1) is 21.5. The standard InChI is InChI=1S/C18H24F2N2O2.2ClH/c19-18(20)23-15-7-6-14(12-16(15)24-18)17(13-4-2-1-3-5-13)22-10-8-21-9-11-22;;/h6-7,12-13,17,21H,1-5,8-11H2;2*1H/t17-;;/m1../s1. The molecular weight excluding hydrogens is 385 g/mol. The van der Waals surface area contributed by atoms with E-state index in [-0.39, 0.29) is 42.4 Å². The molecule has 26 heavy (non-hydrogen) atoms. The highest BCUT2D eigenvalue weighted by Gasteiger charge is 2.44. The zero-order valence-corrected chi connectivity index (χ0v) is 16.2. The van der Waals surface area contributed by atoms with Gasteiger partial charge in [0.25, 0.3) is 0 Å². The second kappa shape index (κ2) is 8.91. The lowest BCUT2D eigenvalue weighted by molar-refractivity contribution is -0.286. The van der Waals surface area contributed by atoms with Crippen LogP contribution in [-0.2, 0) is 0 Å². The molecule has 0 unspecified atom stereocenters. The molecule has 1 saturated heterocycles. The maximum absolute atomic E-state index is 13.3. The Morgan fingerprint density at radius 2 is 1.65 bits per heavy atom. The van der Waals surface area contributed by atoms with Crippen molar-refractivity contribution in [2.45, 2.75) is 44.4 Å². The van der Waals surface area contributed by atoms with E-state index in [2.05, 4.69) is 19.7 Å². The van der Waals surface area contributed by atoms with Crippen LogP contribution < -0.4 is 14.8 Å². The van der Waals surface area contributed by atoms with Crippen LogP contribution >= 0.6 is 24.8 Å². The minimum absolute atomic E-state index is 0. The molecule has 4 rings (SSSR count). The van der Waals surface area contributed by atoms with Crippen molar-refractivity contribution in [3.63, 3.8) is 0 Å². The maximum atomic E-state index is 13.3. The third-order valence-electron chi connectivity index (χ3n) is 5.41. The summed E-state index contributed by atoms with van der Waals surface area (Å²) in [5.74, 6) is 0.873. The van der Waals surface area contributed by atoms with Crippen molar-refractivity contribution in [3.05, 3.63) is 23.8 Å². The first-order valence-electron chi connectivity index (χ1n) is 8.97. The van der Waals surface area contributed by atoms with E-state index in [0.29, 0.717) is 5.92 Å². The third kappa shape index (κ3) is 4.53. The largest absolute Gasteiger partial charge is 0.586 e. The van der Waals surface area contributed by atoms with Crippen LogP contribution in [0.3, 0.4) is 0 Å². The summed E-state index contributed by atoms with van der Waals surface area (Å²) in [4.78, 5) is 2.50. The van der Waals surface area contributed by atoms with E-state index in [1.807, 2.05) is 6.07 Å². The first-order chi connectivity index (χ1) is 11.6. The van der Waals surface area contributed by atoms with Gasteiger partial charge < -0.3 is 14.8 Å². The molecule has 0 amide bonds. The number of alkyl halides is 2. The molecule has 2 heterocycles. The number of nitrogens with one attached hydrogen (secondary N) is 1. The highest BCUT2D eigenvalue weighted by molar-refractivity contribution is 5.85. The van der Waals surface area contributed by atoms with Crippen molar-refractivity contribution < 1.29 is 18.3 Å². The van der Waals surface area contributed by atoms with Gasteiger partial charge in [-0.25, -0.2) is 0 Å². The molecule has 1 aliphatic carbocycles. The Hall–Kier alpha value is -0.820. The van der Waals surface area contributed by atoms with E-state index in [1.165, 1.54) is 32.1 Å². The molecule has 1 aromatic rings. The number of hydrogen-bond acceptors (Lipinski definition) is 4. The second-order valence-electron chi connectivity index (χ2n) is 7.00. The maximum Gasteiger partial charge on any atom is 0.586 e. The quantitative estimate of drug-likeness (QED) is 0.801. The SMILES string of the molecule is Cl.Cl.FC1(F)Oc2ccc([C@@H](C3CCCCC3)N3CCNCC3)cc2O1. The summed E-state index contributed by atoms with van der Waals surface area (Å²) in [5.41, 5.74) is 1.07. The van der Waals surface area contributed by atoms with Gasteiger partial charge in [-0.2, -0.15) is 0 Å². The molecule has 0 spiro atoms. The van der Waals surface area contributed by atoms with E-state index in [1.54, 1.807) is 12.1 Å². The van der Waals surface area contributed by atoms with E-state index in [0.717, 1.165) is 31.7 Å². The summed E-state index contributed by atoms with van der Waals surface area (Å²) in [7, 11) is 0. The summed E-state index contributed by atoms with van der Waals surface area (Å²) in [6.07, 6.45) is 2.69. The molecule has 1 saturated carbocycles. The van der Waals surface area contributed by atoms with Gasteiger partial charge in [0.15, 0.2) is 11.5 Å². The van der Waals surface area contributed by atoms with Gasteiger partial charge >= 0.3 is 6.29 Å². The van der Waals surface area contributed by atoms with Gasteiger partial charge in [-0.1, -0.05) is 25.3 Å². The Labute approximate surface area is 165 Å². The summed E-state index contributed by atoms with van der Waals surface area (Å²) in [6, 6.07) is 5.60. The van der Waals surface area contributed by atoms with Crippen molar-refractivity contribution >= 4 is 24.8 Å². The van der Waals surface area contributed by atoms with E-state index in [9.17, 15) is 8.78 Å². The Kier molecular flexibility index (Phi) is 7.36. The van der Waals surface area contributed by atoms with E-state index >= 15 is 0 Å². The number of piperazine rings is 1. The fourth-order valence-electron chi connectivity index (χ4n) is 4.34. The molecule has 2 aliphatic heterocycles. The van der Waals surface area contributed by atoms with E-state index in [4.69, 9.17) is 0 Å². The second-order valence-corrected chi connectivity index (χ2v) is 7.00. The van der Waals surface area contributed by atoms with Crippen LogP contribution in [0.15, 0.2) is 18.2 Å². The number of hydrogen-bond donors (Lipinski definition) is 1. The van der Waals surface area contributed by atoms with Crippen molar-refractivity contribution in [1.29, 1.82) is 0 Å². The van der Waals surface area contributed by atoms with Gasteiger partial charge in [0.1, 0.15) is 0 Å². The normalized spacial score (nSPS) is 23.6. The van der Waals surface area contributed by atoms with Crippen molar-refractivity contribution in [1.82, 2.24) is 10.2 Å². The molecule has 2 fully saturated rings. The molecule has 0 bridgehead atoms. The van der Waals surface area contributed by atoms with E-state index < -0.39 is 6.29 Å². The van der Waals surface area contributed by atoms with Crippen LogP contribution in [0.4, 0.5) is 8.78 Å². The Bertz CT molecular complexity index is 577. The Balaban J connectivity index is 0.00000121. The molecule has 1 N–H and O–H groups in total. The Morgan fingerprint density at radius 1 is 1.00 bits per heavy atom. The predicted octanol–water partition coefficient (Wildman–Crippen LogP) is 4.38. The fourth-order valence-corrected chi connectivity index (χ4v) is 4.34. The van der Waals surface area contributed by atoms with Gasteiger partial charge in [0.05, 0.1) is 0 Å². The first-order valence-corrected chi connectivity index (χ1v) is 8.97. The van der Waals surface area contributed by atoms with Crippen molar-refractivity contribution in [2.75, 3.05) is 26.2 Å². The minimum atomic E-state index is -3.55. The van der Waals surface area contributed by atoms with Gasteiger partial charge in [-0.05, 0) is 36.5 Å². The molecule has 148 valence electrons. The number of ether oxygens (including phenoxy) is 2. The lowest BCUT2D eigenvalue weighted by Gasteiger charge is -2.41. The van der Waals surface area contributed by atoms with Gasteiger partial charge in [0.2, 0.25) is 0 Å². The molecule has 1 atom stereocenters. The number of nitrogens with zero attached hydrogens (tertiary/aromatic N) is 1. The third-order valence-corrected chi connectivity index (χ3v) is 5.41. The highest BCUT2D eigenvalue weighted by Crippen LogP contribution is 2.45. The van der Waals surface area contributed by atoms with Crippen molar-refractivity contribution in [3.8, 4) is 11.5 Å². The number of halogens is 4. The number of benzene rings is 1. The molecule has 8 heteroatoms. The zero-order valence-electron chi connectivity index (χ0n) is 14.6. The molecular formula is C18H26Cl2F2N2O2. The topological polar surface area (TPSA) is 33.7 Å². The lowest BCUT2D eigenvalue weighted by atomic mass is 9.80. The average molecular weight is 411 g/mol. The molecule has 0 radical (unpaired) electrons. The monoisotopic (exact) mass is 410 g/mol. The van der Waals surface area contributed by atoms with Crippen LogP contribution in [0.2, 0.25) is 0 Å². The predicted molar refractivity (Wildman–Crippen MR) is 101 cm³/mol. The summed E-state index contributed by atoms with van der Waals surface area (Å²) >= 11 is 0. The zero-order chi connectivity index (χ0) is 16.6. The average Bonchev–Trinajstić information content (AvgIpc) is 2.90. The number of rotatable bonds is 3. The number of fused-ring (bicyclic) bond motifs is 1. The molecule has 1 aromatic carbocycles. The van der Waals surface area contributed by atoms with Gasteiger partial charge in [-0.3, -0.25) is 4.90 Å². The van der Waals surface area contributed by atoms with Gasteiger partial charge in [0, 0.05) is 32.2 Å². The van der Waals surface area contributed by atoms with Crippen LogP contribution in [0.25, 0.3) is 0 Å². The minimum Gasteiger partial charge on any atom is -0.395 e. The summed E-state index contributed by atoms with van der Waals surface area (Å²) in [5, 5.41) is 3.39. The molecule has 3 aliphatic rings. The smallest absolute Gasteiger partial charge is 0.395 e. The highest BCUT2D eigenvalue weighted by atomic mass is 35.5. The van der Waals surface area contributed by atoms with Crippen LogP contribution in [0.5, 0.6) is 11.5 Å². The molecule has 0 aromatic heterocycles. The van der Waals surface area contributed by atoms with Gasteiger partial charge in [-0.15, -0.1) is 33.6 Å². The van der Waals surface area contributed by atoms with Crippen LogP contribution in [0.1, 0.15) is 43.7 Å².